The molecule has 2 amide bonds. The summed E-state index contributed by atoms with van der Waals surface area (Å²) in [5.41, 5.74) is 2.05. The fourth-order valence-electron chi connectivity index (χ4n) is 9.54. The lowest BCUT2D eigenvalue weighted by molar-refractivity contribution is -0.127. The van der Waals surface area contributed by atoms with Crippen molar-refractivity contribution in [3.05, 3.63) is 16.0 Å². The number of fused-ring (bicyclic) bond motifs is 3. The summed E-state index contributed by atoms with van der Waals surface area (Å²) in [5.74, 6) is 4.10. The van der Waals surface area contributed by atoms with Crippen molar-refractivity contribution in [1.82, 2.24) is 5.32 Å². The molecule has 0 radical (unpaired) electrons. The number of carbonyl (C=O) groups excluding carboxylic acids is 2. The van der Waals surface area contributed by atoms with Crippen molar-refractivity contribution in [3.8, 4) is 0 Å². The Morgan fingerprint density at radius 3 is 2.50 bits per heavy atom. The van der Waals surface area contributed by atoms with Crippen LogP contribution in [0.25, 0.3) is 0 Å². The largest absolute Gasteiger partial charge is 0.376 e. The second-order valence-electron chi connectivity index (χ2n) is 13.2. The van der Waals surface area contributed by atoms with E-state index >= 15 is 0 Å². The van der Waals surface area contributed by atoms with Gasteiger partial charge in [-0.25, -0.2) is 0 Å². The summed E-state index contributed by atoms with van der Waals surface area (Å²) < 4.78 is 5.71. The van der Waals surface area contributed by atoms with Gasteiger partial charge in [-0.2, -0.15) is 0 Å². The average Bonchev–Trinajstić information content (AvgIpc) is 3.37. The molecule has 0 spiro atoms. The van der Waals surface area contributed by atoms with Crippen LogP contribution in [0.15, 0.2) is 0 Å². The molecule has 7 aliphatic carbocycles. The zero-order chi connectivity index (χ0) is 23.4. The number of thiophene rings is 1. The fraction of sp³-hybridized carbons (Fsp3) is 0.786. The van der Waals surface area contributed by atoms with Crippen LogP contribution in [0.5, 0.6) is 0 Å². The minimum absolute atomic E-state index is 0.0143. The summed E-state index contributed by atoms with van der Waals surface area (Å²) in [5, 5.41) is 7.54. The summed E-state index contributed by atoms with van der Waals surface area (Å²) >= 11 is 1.57. The Labute approximate surface area is 206 Å². The third-order valence-electron chi connectivity index (χ3n) is 11.4. The van der Waals surface area contributed by atoms with E-state index in [1.165, 1.54) is 25.7 Å². The molecule has 6 heteroatoms. The monoisotopic (exact) mass is 482 g/mol. The Morgan fingerprint density at radius 2 is 1.79 bits per heavy atom. The number of hydrogen-bond acceptors (Lipinski definition) is 4. The van der Waals surface area contributed by atoms with E-state index < -0.39 is 0 Å². The van der Waals surface area contributed by atoms with Crippen LogP contribution in [0.3, 0.4) is 0 Å². The van der Waals surface area contributed by atoms with Crippen LogP contribution in [-0.4, -0.2) is 24.5 Å². The van der Waals surface area contributed by atoms with Crippen LogP contribution in [0.2, 0.25) is 0 Å². The zero-order valence-corrected chi connectivity index (χ0v) is 21.6. The maximum absolute atomic E-state index is 13.8. The maximum atomic E-state index is 13.8. The van der Waals surface area contributed by atoms with Gasteiger partial charge in [0.2, 0.25) is 5.91 Å². The fourth-order valence-corrected chi connectivity index (χ4v) is 10.7. The van der Waals surface area contributed by atoms with Crippen molar-refractivity contribution in [2.45, 2.75) is 84.8 Å². The topological polar surface area (TPSA) is 67.4 Å². The summed E-state index contributed by atoms with van der Waals surface area (Å²) in [4.78, 5) is 28.7. The van der Waals surface area contributed by atoms with E-state index in [1.54, 1.807) is 11.3 Å². The Morgan fingerprint density at radius 1 is 1.03 bits per heavy atom. The lowest BCUT2D eigenvalue weighted by Gasteiger charge is -2.62. The molecule has 2 heterocycles. The molecule has 184 valence electrons. The first-order valence-electron chi connectivity index (χ1n) is 13.6. The predicted octanol–water partition coefficient (Wildman–Crippen LogP) is 5.39. The van der Waals surface area contributed by atoms with Crippen molar-refractivity contribution in [2.24, 2.45) is 46.3 Å². The molecule has 9 rings (SSSR count). The lowest BCUT2D eigenvalue weighted by atomic mass is 9.45. The van der Waals surface area contributed by atoms with Gasteiger partial charge < -0.3 is 15.4 Å². The molecule has 1 aromatic heterocycles. The molecule has 7 saturated carbocycles. The molecule has 7 fully saturated rings. The SMILES string of the molecule is C[C@H]1[C@H](NC(=O)c2c(NC(=O)C34CC5CC(CC3C5)C4)sc3c2CCOC3)C[C@H]2C[C@@H]1C2(C)C. The number of rotatable bonds is 4. The van der Waals surface area contributed by atoms with Gasteiger partial charge in [0.15, 0.2) is 0 Å². The van der Waals surface area contributed by atoms with Gasteiger partial charge in [-0.3, -0.25) is 9.59 Å². The highest BCUT2D eigenvalue weighted by Gasteiger charge is 2.61. The second-order valence-corrected chi connectivity index (χ2v) is 14.3. The van der Waals surface area contributed by atoms with Gasteiger partial charge in [0.1, 0.15) is 5.00 Å². The van der Waals surface area contributed by atoms with Crippen molar-refractivity contribution in [2.75, 3.05) is 11.9 Å². The average molecular weight is 483 g/mol. The van der Waals surface area contributed by atoms with Gasteiger partial charge in [-0.1, -0.05) is 20.8 Å². The van der Waals surface area contributed by atoms with Crippen molar-refractivity contribution < 1.29 is 14.3 Å². The Bertz CT molecular complexity index is 1050. The van der Waals surface area contributed by atoms with Crippen LogP contribution in [0.1, 0.15) is 86.5 Å². The molecule has 1 aromatic rings. The van der Waals surface area contributed by atoms with Crippen molar-refractivity contribution in [3.63, 3.8) is 0 Å². The summed E-state index contributed by atoms with van der Waals surface area (Å²) in [6.07, 6.45) is 9.00. The molecular weight excluding hydrogens is 444 g/mol. The summed E-state index contributed by atoms with van der Waals surface area (Å²) in [6, 6.07) is 0.225. The van der Waals surface area contributed by atoms with Gasteiger partial charge in [-0.05, 0) is 97.9 Å². The highest BCUT2D eigenvalue weighted by molar-refractivity contribution is 7.17. The third kappa shape index (κ3) is 2.93. The summed E-state index contributed by atoms with van der Waals surface area (Å²) in [7, 11) is 0. The molecule has 6 atom stereocenters. The second kappa shape index (κ2) is 7.32. The number of anilines is 1. The molecule has 34 heavy (non-hydrogen) atoms. The highest BCUT2D eigenvalue weighted by Crippen LogP contribution is 2.66. The molecule has 1 aliphatic heterocycles. The van der Waals surface area contributed by atoms with Gasteiger partial charge in [0.25, 0.3) is 5.91 Å². The number of hydrogen-bond donors (Lipinski definition) is 2. The first kappa shape index (κ1) is 21.8. The van der Waals surface area contributed by atoms with Crippen LogP contribution in [0, 0.1) is 46.3 Å². The smallest absolute Gasteiger partial charge is 0.254 e. The normalized spacial score (nSPS) is 42.7. The van der Waals surface area contributed by atoms with Crippen LogP contribution >= 0.6 is 11.3 Å². The van der Waals surface area contributed by atoms with Gasteiger partial charge >= 0.3 is 0 Å². The van der Waals surface area contributed by atoms with E-state index in [1.807, 2.05) is 0 Å². The Balaban J connectivity index is 1.15. The maximum Gasteiger partial charge on any atom is 0.254 e. The van der Waals surface area contributed by atoms with Gasteiger partial charge in [0.05, 0.1) is 24.2 Å². The minimum atomic E-state index is -0.187. The first-order valence-corrected chi connectivity index (χ1v) is 14.4. The third-order valence-corrected chi connectivity index (χ3v) is 12.5. The van der Waals surface area contributed by atoms with Gasteiger partial charge in [-0.15, -0.1) is 11.3 Å². The molecule has 0 saturated heterocycles. The number of ether oxygens (including phenoxy) is 1. The molecule has 8 aliphatic rings. The van der Waals surface area contributed by atoms with Crippen molar-refractivity contribution in [1.29, 1.82) is 0 Å². The molecule has 6 bridgehead atoms. The van der Waals surface area contributed by atoms with Crippen LogP contribution < -0.4 is 10.6 Å². The van der Waals surface area contributed by atoms with E-state index in [9.17, 15) is 9.59 Å². The van der Waals surface area contributed by atoms with E-state index in [-0.39, 0.29) is 23.3 Å². The van der Waals surface area contributed by atoms with Gasteiger partial charge in [0, 0.05) is 10.9 Å². The van der Waals surface area contributed by atoms with E-state index in [0.29, 0.717) is 42.3 Å². The number of nitrogens with one attached hydrogen (secondary N) is 2. The molecule has 2 unspecified atom stereocenters. The quantitative estimate of drug-likeness (QED) is 0.605. The van der Waals surface area contributed by atoms with Crippen molar-refractivity contribution >= 4 is 28.2 Å². The highest BCUT2D eigenvalue weighted by atomic mass is 32.1. The predicted molar refractivity (Wildman–Crippen MR) is 133 cm³/mol. The molecule has 2 N–H and O–H groups in total. The Kier molecular flexibility index (Phi) is 4.70. The molecule has 0 aromatic carbocycles. The lowest BCUT2D eigenvalue weighted by Crippen LogP contribution is -2.60. The zero-order valence-electron chi connectivity index (χ0n) is 20.7. The van der Waals surface area contributed by atoms with E-state index in [0.717, 1.165) is 58.5 Å². The minimum Gasteiger partial charge on any atom is -0.376 e. The number of carbonyl (C=O) groups is 2. The Hall–Kier alpha value is -1.40. The molecule has 5 nitrogen and oxygen atoms in total. The van der Waals surface area contributed by atoms with Crippen LogP contribution in [0.4, 0.5) is 5.00 Å². The van der Waals surface area contributed by atoms with E-state index in [4.69, 9.17) is 4.74 Å². The summed E-state index contributed by atoms with van der Waals surface area (Å²) in [6.45, 7) is 8.30. The number of amides is 2. The first-order chi connectivity index (χ1) is 16.3. The van der Waals surface area contributed by atoms with E-state index in [2.05, 4.69) is 31.4 Å². The molecular formula is C28H38N2O3S. The van der Waals surface area contributed by atoms with Crippen LogP contribution in [-0.2, 0) is 22.6 Å². The standard InChI is InChI=1S/C28H38N2O3S/c1-14-20-9-17(27(20,2)3)10-21(14)29-24(31)23-19-4-5-33-13-22(19)34-25(23)30-26(32)28-11-15-6-16(12-28)8-18(28)7-15/h14-18,20-21H,4-13H2,1-3H3,(H,29,31)(H,30,32)/t14-,15?,16?,17-,18?,20+,21-,28?/m1/s1.